The molecular weight excluding hydrogens is 337 g/mol. The highest BCUT2D eigenvalue weighted by Gasteiger charge is 2.17. The molecule has 0 bridgehead atoms. The summed E-state index contributed by atoms with van der Waals surface area (Å²) in [6.07, 6.45) is 0. The van der Waals surface area contributed by atoms with Crippen LogP contribution in [0.5, 0.6) is 11.5 Å². The van der Waals surface area contributed by atoms with Crippen LogP contribution < -0.4 is 4.74 Å². The summed E-state index contributed by atoms with van der Waals surface area (Å²) >= 11 is 17.8. The van der Waals surface area contributed by atoms with Gasteiger partial charge in [0.05, 0.1) is 15.0 Å². The second kappa shape index (κ2) is 6.52. The molecule has 0 fully saturated rings. The fourth-order valence-electron chi connectivity index (χ4n) is 1.77. The summed E-state index contributed by atoms with van der Waals surface area (Å²) in [5, 5.41) is 10.9. The molecule has 4 nitrogen and oxygen atoms in total. The van der Waals surface area contributed by atoms with Crippen LogP contribution in [0.25, 0.3) is 0 Å². The number of benzene rings is 2. The van der Waals surface area contributed by atoms with Crippen LogP contribution in [0.3, 0.4) is 0 Å². The zero-order valence-electron chi connectivity index (χ0n) is 10.9. The van der Waals surface area contributed by atoms with E-state index in [1.54, 1.807) is 6.07 Å². The number of hydrogen-bond donors (Lipinski definition) is 0. The van der Waals surface area contributed by atoms with Crippen molar-refractivity contribution in [3.05, 3.63) is 61.6 Å². The first-order valence-corrected chi connectivity index (χ1v) is 7.18. The Morgan fingerprint density at radius 3 is 2.29 bits per heavy atom. The molecule has 0 N–H and O–H groups in total. The molecule has 0 atom stereocenters. The van der Waals surface area contributed by atoms with Crippen LogP contribution >= 0.6 is 34.8 Å². The number of nitro groups is 1. The van der Waals surface area contributed by atoms with E-state index in [4.69, 9.17) is 39.5 Å². The molecule has 7 heteroatoms. The van der Waals surface area contributed by atoms with Crippen LogP contribution in [0, 0.1) is 17.0 Å². The lowest BCUT2D eigenvalue weighted by Crippen LogP contribution is -1.93. The van der Waals surface area contributed by atoms with Gasteiger partial charge in [0.25, 0.3) is 5.69 Å². The summed E-state index contributed by atoms with van der Waals surface area (Å²) < 4.78 is 5.68. The number of hydrogen-bond acceptors (Lipinski definition) is 3. The van der Waals surface area contributed by atoms with Gasteiger partial charge >= 0.3 is 0 Å². The standard InChI is InChI=1S/C14H10Cl3NO3/c1-8-4-9(7-15)2-3-13(8)21-14-11(16)5-10(18(19)20)6-12(14)17/h2-6H,7H2,1H3. The van der Waals surface area contributed by atoms with Crippen LogP contribution in [0.15, 0.2) is 30.3 Å². The molecule has 0 amide bonds. The van der Waals surface area contributed by atoms with E-state index in [-0.39, 0.29) is 21.5 Å². The number of nitro benzene ring substituents is 1. The largest absolute Gasteiger partial charge is 0.454 e. The molecule has 0 aromatic heterocycles. The Bertz CT molecular complexity index is 681. The zero-order chi connectivity index (χ0) is 15.6. The van der Waals surface area contributed by atoms with E-state index in [0.29, 0.717) is 11.6 Å². The number of rotatable bonds is 4. The normalized spacial score (nSPS) is 10.5. The van der Waals surface area contributed by atoms with Gasteiger partial charge in [0.15, 0.2) is 5.75 Å². The maximum absolute atomic E-state index is 10.7. The SMILES string of the molecule is Cc1cc(CCl)ccc1Oc1c(Cl)cc([N+](=O)[O-])cc1Cl. The van der Waals surface area contributed by atoms with Gasteiger partial charge in [0.2, 0.25) is 0 Å². The molecule has 0 aliphatic carbocycles. The topological polar surface area (TPSA) is 52.4 Å². The number of non-ortho nitro benzene ring substituents is 1. The summed E-state index contributed by atoms with van der Waals surface area (Å²) in [5.74, 6) is 1.15. The summed E-state index contributed by atoms with van der Waals surface area (Å²) in [6, 6.07) is 7.86. The summed E-state index contributed by atoms with van der Waals surface area (Å²) in [7, 11) is 0. The van der Waals surface area contributed by atoms with Gasteiger partial charge in [-0.15, -0.1) is 11.6 Å². The number of ether oxygens (including phenoxy) is 1. The second-order valence-electron chi connectivity index (χ2n) is 4.33. The van der Waals surface area contributed by atoms with Crippen LogP contribution in [0.2, 0.25) is 10.0 Å². The Hall–Kier alpha value is -1.49. The van der Waals surface area contributed by atoms with Crippen molar-refractivity contribution in [2.24, 2.45) is 0 Å². The molecule has 2 aromatic carbocycles. The van der Waals surface area contributed by atoms with Gasteiger partial charge in [-0.1, -0.05) is 35.3 Å². The van der Waals surface area contributed by atoms with Crippen molar-refractivity contribution >= 4 is 40.5 Å². The van der Waals surface area contributed by atoms with Crippen LogP contribution in [-0.4, -0.2) is 4.92 Å². The summed E-state index contributed by atoms with van der Waals surface area (Å²) in [4.78, 5) is 10.2. The smallest absolute Gasteiger partial charge is 0.272 e. The third kappa shape index (κ3) is 3.59. The van der Waals surface area contributed by atoms with Gasteiger partial charge in [-0.2, -0.15) is 0 Å². The third-order valence-corrected chi connectivity index (χ3v) is 3.67. The average Bonchev–Trinajstić information content (AvgIpc) is 2.43. The summed E-state index contributed by atoms with van der Waals surface area (Å²) in [6.45, 7) is 1.86. The minimum atomic E-state index is -0.567. The maximum atomic E-state index is 10.7. The van der Waals surface area contributed by atoms with Crippen molar-refractivity contribution in [3.8, 4) is 11.5 Å². The van der Waals surface area contributed by atoms with Crippen molar-refractivity contribution in [3.63, 3.8) is 0 Å². The van der Waals surface area contributed by atoms with Crippen molar-refractivity contribution in [2.75, 3.05) is 0 Å². The molecule has 0 heterocycles. The minimum Gasteiger partial charge on any atom is -0.454 e. The fourth-order valence-corrected chi connectivity index (χ4v) is 2.49. The zero-order valence-corrected chi connectivity index (χ0v) is 13.2. The highest BCUT2D eigenvalue weighted by Crippen LogP contribution is 2.40. The van der Waals surface area contributed by atoms with Crippen molar-refractivity contribution in [1.29, 1.82) is 0 Å². The van der Waals surface area contributed by atoms with Gasteiger partial charge in [-0.05, 0) is 24.1 Å². The highest BCUT2D eigenvalue weighted by molar-refractivity contribution is 6.37. The van der Waals surface area contributed by atoms with Crippen molar-refractivity contribution in [2.45, 2.75) is 12.8 Å². The van der Waals surface area contributed by atoms with Gasteiger partial charge in [-0.25, -0.2) is 0 Å². The first kappa shape index (κ1) is 15.9. The number of nitrogens with zero attached hydrogens (tertiary/aromatic N) is 1. The second-order valence-corrected chi connectivity index (χ2v) is 5.41. The van der Waals surface area contributed by atoms with E-state index >= 15 is 0 Å². The lowest BCUT2D eigenvalue weighted by Gasteiger charge is -2.12. The third-order valence-electron chi connectivity index (χ3n) is 2.80. The first-order valence-electron chi connectivity index (χ1n) is 5.89. The minimum absolute atomic E-state index is 0.0787. The van der Waals surface area contributed by atoms with Crippen LogP contribution in [0.4, 0.5) is 5.69 Å². The molecule has 0 saturated heterocycles. The number of halogens is 3. The molecular formula is C14H10Cl3NO3. The molecule has 0 aliphatic rings. The van der Waals surface area contributed by atoms with Crippen molar-refractivity contribution in [1.82, 2.24) is 0 Å². The predicted molar refractivity (Wildman–Crippen MR) is 83.9 cm³/mol. The van der Waals surface area contributed by atoms with Crippen LogP contribution in [-0.2, 0) is 5.88 Å². The Balaban J connectivity index is 2.38. The molecule has 2 aromatic rings. The fraction of sp³-hybridized carbons (Fsp3) is 0.143. The van der Waals surface area contributed by atoms with E-state index < -0.39 is 4.92 Å². The first-order chi connectivity index (χ1) is 9.92. The Kier molecular flexibility index (Phi) is 4.93. The van der Waals surface area contributed by atoms with E-state index in [9.17, 15) is 10.1 Å². The quantitative estimate of drug-likeness (QED) is 0.403. The molecule has 21 heavy (non-hydrogen) atoms. The number of alkyl halides is 1. The highest BCUT2D eigenvalue weighted by atomic mass is 35.5. The molecule has 0 spiro atoms. The summed E-state index contributed by atoms with van der Waals surface area (Å²) in [5.41, 5.74) is 1.63. The van der Waals surface area contributed by atoms with Gasteiger partial charge in [-0.3, -0.25) is 10.1 Å². The maximum Gasteiger partial charge on any atom is 0.272 e. The lowest BCUT2D eigenvalue weighted by atomic mass is 10.1. The Labute approximate surface area is 136 Å². The molecule has 0 aliphatic heterocycles. The molecule has 2 rings (SSSR count). The van der Waals surface area contributed by atoms with E-state index in [0.717, 1.165) is 11.1 Å². The molecule has 0 radical (unpaired) electrons. The van der Waals surface area contributed by atoms with E-state index in [1.165, 1.54) is 12.1 Å². The average molecular weight is 347 g/mol. The van der Waals surface area contributed by atoms with Gasteiger partial charge in [0.1, 0.15) is 5.75 Å². The van der Waals surface area contributed by atoms with E-state index in [2.05, 4.69) is 0 Å². The monoisotopic (exact) mass is 345 g/mol. The van der Waals surface area contributed by atoms with E-state index in [1.807, 2.05) is 19.1 Å². The molecule has 0 unspecified atom stereocenters. The molecule has 0 saturated carbocycles. The van der Waals surface area contributed by atoms with Crippen molar-refractivity contribution < 1.29 is 9.66 Å². The van der Waals surface area contributed by atoms with Gasteiger partial charge < -0.3 is 4.74 Å². The Morgan fingerprint density at radius 1 is 1.19 bits per heavy atom. The van der Waals surface area contributed by atoms with Crippen LogP contribution in [0.1, 0.15) is 11.1 Å². The Morgan fingerprint density at radius 2 is 1.81 bits per heavy atom. The number of aryl methyl sites for hydroxylation is 1. The molecule has 110 valence electrons. The van der Waals surface area contributed by atoms with Gasteiger partial charge in [0, 0.05) is 18.0 Å². The predicted octanol–water partition coefficient (Wildman–Crippen LogP) is 5.74. The lowest BCUT2D eigenvalue weighted by molar-refractivity contribution is -0.384.